The monoisotopic (exact) mass is 395 g/mol. The molecule has 2 aromatic carbocycles. The van der Waals surface area contributed by atoms with Crippen LogP contribution in [-0.2, 0) is 6.54 Å². The number of carbonyl (C=O) groups excluding carboxylic acids is 1. The summed E-state index contributed by atoms with van der Waals surface area (Å²) < 4.78 is 1.16. The van der Waals surface area contributed by atoms with E-state index in [1.165, 1.54) is 0 Å². The van der Waals surface area contributed by atoms with Gasteiger partial charge in [0.25, 0.3) is 0 Å². The molecule has 0 aliphatic heterocycles. The maximum atomic E-state index is 11.9. The molecule has 0 aliphatic rings. The van der Waals surface area contributed by atoms with Gasteiger partial charge in [0.2, 0.25) is 0 Å². The number of nitrogens with one attached hydrogen (secondary N) is 2. The molecule has 2 rings (SSSR count). The van der Waals surface area contributed by atoms with E-state index in [0.29, 0.717) is 6.54 Å². The van der Waals surface area contributed by atoms with Crippen molar-refractivity contribution >= 4 is 40.0 Å². The zero-order valence-electron chi connectivity index (χ0n) is 12.1. The maximum Gasteiger partial charge on any atom is 0.319 e. The van der Waals surface area contributed by atoms with Crippen LogP contribution in [0, 0.1) is 3.57 Å². The van der Waals surface area contributed by atoms with E-state index in [-0.39, 0.29) is 6.03 Å². The van der Waals surface area contributed by atoms with Gasteiger partial charge >= 0.3 is 6.03 Å². The fourth-order valence-corrected chi connectivity index (χ4v) is 2.46. The van der Waals surface area contributed by atoms with Crippen molar-refractivity contribution in [1.29, 1.82) is 0 Å². The summed E-state index contributed by atoms with van der Waals surface area (Å²) in [6, 6.07) is 15.6. The fraction of sp³-hybridized carbons (Fsp3) is 0.188. The van der Waals surface area contributed by atoms with Gasteiger partial charge in [-0.1, -0.05) is 12.1 Å². The first-order valence-electron chi connectivity index (χ1n) is 6.61. The number of nitrogens with zero attached hydrogens (tertiary/aromatic N) is 1. The van der Waals surface area contributed by atoms with Crippen LogP contribution in [0.25, 0.3) is 0 Å². The minimum absolute atomic E-state index is 0.202. The van der Waals surface area contributed by atoms with Crippen molar-refractivity contribution in [1.82, 2.24) is 5.32 Å². The van der Waals surface area contributed by atoms with Crippen molar-refractivity contribution in [2.45, 2.75) is 6.54 Å². The molecule has 0 saturated carbocycles. The molecular formula is C16H18IN3O. The summed E-state index contributed by atoms with van der Waals surface area (Å²) in [5.74, 6) is 0. The Hall–Kier alpha value is -1.76. The van der Waals surface area contributed by atoms with Crippen LogP contribution in [0.5, 0.6) is 0 Å². The summed E-state index contributed by atoms with van der Waals surface area (Å²) >= 11 is 2.26. The average Bonchev–Trinajstić information content (AvgIpc) is 2.46. The van der Waals surface area contributed by atoms with Crippen molar-refractivity contribution < 1.29 is 4.79 Å². The van der Waals surface area contributed by atoms with Crippen molar-refractivity contribution in [3.8, 4) is 0 Å². The largest absolute Gasteiger partial charge is 0.378 e. The highest BCUT2D eigenvalue weighted by atomic mass is 127. The first-order valence-corrected chi connectivity index (χ1v) is 7.69. The summed E-state index contributed by atoms with van der Waals surface area (Å²) in [6.45, 7) is 0.512. The second-order valence-electron chi connectivity index (χ2n) is 4.88. The minimum atomic E-state index is -0.202. The molecule has 0 atom stereocenters. The van der Waals surface area contributed by atoms with Gasteiger partial charge in [-0.3, -0.25) is 0 Å². The Morgan fingerprint density at radius 2 is 1.86 bits per heavy atom. The first-order chi connectivity index (χ1) is 10.0. The second kappa shape index (κ2) is 7.31. The Balaban J connectivity index is 1.87. The Bertz CT molecular complexity index is 611. The highest BCUT2D eigenvalue weighted by Gasteiger charge is 2.02. The van der Waals surface area contributed by atoms with Gasteiger partial charge in [-0.05, 0) is 64.6 Å². The third-order valence-corrected chi connectivity index (χ3v) is 3.65. The van der Waals surface area contributed by atoms with Gasteiger partial charge in [-0.2, -0.15) is 0 Å². The predicted octanol–water partition coefficient (Wildman–Crippen LogP) is 3.68. The van der Waals surface area contributed by atoms with Crippen LogP contribution in [0.2, 0.25) is 0 Å². The Morgan fingerprint density at radius 1 is 1.14 bits per heavy atom. The van der Waals surface area contributed by atoms with Gasteiger partial charge in [0.15, 0.2) is 0 Å². The molecule has 4 nitrogen and oxygen atoms in total. The molecule has 0 fully saturated rings. The lowest BCUT2D eigenvalue weighted by atomic mass is 10.2. The summed E-state index contributed by atoms with van der Waals surface area (Å²) in [5.41, 5.74) is 2.96. The Kier molecular flexibility index (Phi) is 5.44. The molecule has 2 amide bonds. The van der Waals surface area contributed by atoms with Gasteiger partial charge in [0.05, 0.1) is 0 Å². The highest BCUT2D eigenvalue weighted by molar-refractivity contribution is 14.1. The van der Waals surface area contributed by atoms with Crippen LogP contribution in [-0.4, -0.2) is 20.1 Å². The number of hydrogen-bond donors (Lipinski definition) is 2. The van der Waals surface area contributed by atoms with E-state index in [1.54, 1.807) is 0 Å². The van der Waals surface area contributed by atoms with E-state index in [2.05, 4.69) is 33.2 Å². The van der Waals surface area contributed by atoms with E-state index in [0.717, 1.165) is 20.5 Å². The average molecular weight is 395 g/mol. The Labute approximate surface area is 138 Å². The van der Waals surface area contributed by atoms with E-state index >= 15 is 0 Å². The molecule has 0 saturated heterocycles. The number of amides is 2. The number of anilines is 2. The third-order valence-electron chi connectivity index (χ3n) is 2.98. The molecule has 0 unspecified atom stereocenters. The molecule has 0 bridgehead atoms. The molecule has 5 heteroatoms. The van der Waals surface area contributed by atoms with Crippen molar-refractivity contribution in [2.75, 3.05) is 24.3 Å². The zero-order chi connectivity index (χ0) is 15.2. The smallest absolute Gasteiger partial charge is 0.319 e. The number of carbonyl (C=O) groups is 1. The minimum Gasteiger partial charge on any atom is -0.378 e. The van der Waals surface area contributed by atoms with Crippen LogP contribution in [0.4, 0.5) is 16.2 Å². The van der Waals surface area contributed by atoms with E-state index in [4.69, 9.17) is 0 Å². The molecule has 0 spiro atoms. The van der Waals surface area contributed by atoms with Gasteiger partial charge in [-0.15, -0.1) is 0 Å². The quantitative estimate of drug-likeness (QED) is 0.776. The zero-order valence-corrected chi connectivity index (χ0v) is 14.2. The molecule has 2 aromatic rings. The summed E-state index contributed by atoms with van der Waals surface area (Å²) in [7, 11) is 3.97. The molecule has 2 N–H and O–H groups in total. The molecule has 110 valence electrons. The molecule has 0 radical (unpaired) electrons. The molecule has 21 heavy (non-hydrogen) atoms. The normalized spacial score (nSPS) is 10.0. The molecule has 0 heterocycles. The topological polar surface area (TPSA) is 44.4 Å². The summed E-state index contributed by atoms with van der Waals surface area (Å²) in [5, 5.41) is 5.67. The van der Waals surface area contributed by atoms with Gasteiger partial charge in [0.1, 0.15) is 0 Å². The maximum absolute atomic E-state index is 11.9. The number of hydrogen-bond acceptors (Lipinski definition) is 2. The third kappa shape index (κ3) is 4.93. The van der Waals surface area contributed by atoms with E-state index in [9.17, 15) is 4.79 Å². The number of halogens is 1. The highest BCUT2D eigenvalue weighted by Crippen LogP contribution is 2.15. The standard InChI is InChI=1S/C16H18IN3O/c1-20(2)15-8-6-14(7-9-15)19-16(21)18-11-12-4-3-5-13(17)10-12/h3-10H,11H2,1-2H3,(H2,18,19,21). The van der Waals surface area contributed by atoms with Gasteiger partial charge in [0, 0.05) is 35.6 Å². The van der Waals surface area contributed by atoms with Crippen LogP contribution in [0.1, 0.15) is 5.56 Å². The van der Waals surface area contributed by atoms with Gasteiger partial charge in [-0.25, -0.2) is 4.79 Å². The van der Waals surface area contributed by atoms with Crippen LogP contribution in [0.15, 0.2) is 48.5 Å². The second-order valence-corrected chi connectivity index (χ2v) is 6.12. The molecular weight excluding hydrogens is 377 g/mol. The summed E-state index contributed by atoms with van der Waals surface area (Å²) in [4.78, 5) is 13.9. The van der Waals surface area contributed by atoms with Crippen molar-refractivity contribution in [3.63, 3.8) is 0 Å². The lowest BCUT2D eigenvalue weighted by molar-refractivity contribution is 0.251. The van der Waals surface area contributed by atoms with Crippen molar-refractivity contribution in [2.24, 2.45) is 0 Å². The van der Waals surface area contributed by atoms with Gasteiger partial charge < -0.3 is 15.5 Å². The number of rotatable bonds is 4. The van der Waals surface area contributed by atoms with E-state index in [1.807, 2.05) is 67.5 Å². The SMILES string of the molecule is CN(C)c1ccc(NC(=O)NCc2cccc(I)c2)cc1. The Morgan fingerprint density at radius 3 is 2.48 bits per heavy atom. The van der Waals surface area contributed by atoms with Crippen LogP contribution >= 0.6 is 22.6 Å². The molecule has 0 aliphatic carbocycles. The van der Waals surface area contributed by atoms with E-state index < -0.39 is 0 Å². The lowest BCUT2D eigenvalue weighted by Gasteiger charge is -2.13. The first kappa shape index (κ1) is 15.6. The fourth-order valence-electron chi connectivity index (χ4n) is 1.85. The van der Waals surface area contributed by atoms with Crippen LogP contribution in [0.3, 0.4) is 0 Å². The van der Waals surface area contributed by atoms with Crippen molar-refractivity contribution in [3.05, 3.63) is 57.7 Å². The molecule has 0 aromatic heterocycles. The number of urea groups is 1. The number of benzene rings is 2. The predicted molar refractivity (Wildman–Crippen MR) is 95.8 cm³/mol. The summed E-state index contributed by atoms with van der Waals surface area (Å²) in [6.07, 6.45) is 0. The van der Waals surface area contributed by atoms with Crippen LogP contribution < -0.4 is 15.5 Å². The lowest BCUT2D eigenvalue weighted by Crippen LogP contribution is -2.28.